The van der Waals surface area contributed by atoms with E-state index in [2.05, 4.69) is 10.6 Å². The first-order chi connectivity index (χ1) is 29.5. The van der Waals surface area contributed by atoms with Crippen molar-refractivity contribution in [3.05, 3.63) is 106 Å². The molecule has 0 radical (unpaired) electrons. The maximum atomic E-state index is 14.8. The van der Waals surface area contributed by atoms with Crippen LogP contribution >= 0.6 is 0 Å². The fourth-order valence-corrected chi connectivity index (χ4v) is 7.12. The number of methoxy groups -OCH3 is 8. The van der Waals surface area contributed by atoms with E-state index in [1.807, 2.05) is 0 Å². The van der Waals surface area contributed by atoms with Gasteiger partial charge in [0.05, 0.1) is 63.5 Å². The molecule has 61 heavy (non-hydrogen) atoms. The van der Waals surface area contributed by atoms with Gasteiger partial charge in [-0.15, -0.1) is 0 Å². The fraction of sp³-hybridized carbons (Fsp3) is 0.333. The zero-order chi connectivity index (χ0) is 44.2. The third-order valence-electron chi connectivity index (χ3n) is 10.2. The van der Waals surface area contributed by atoms with Crippen molar-refractivity contribution in [1.82, 2.24) is 10.6 Å². The maximum absolute atomic E-state index is 14.8. The molecule has 1 aliphatic rings. The Balaban J connectivity index is 1.53. The minimum Gasteiger partial charge on any atom is -0.496 e. The molecule has 0 spiro atoms. The molecule has 4 atom stereocenters. The first-order valence-electron chi connectivity index (χ1n) is 19.0. The molecule has 3 N–H and O–H groups in total. The molecule has 0 saturated heterocycles. The molecule has 16 heteroatoms. The number of esters is 2. The molecule has 3 unspecified atom stereocenters. The van der Waals surface area contributed by atoms with Gasteiger partial charge in [-0.1, -0.05) is 24.3 Å². The van der Waals surface area contributed by atoms with Gasteiger partial charge in [-0.3, -0.25) is 9.59 Å². The van der Waals surface area contributed by atoms with E-state index in [-0.39, 0.29) is 25.2 Å². The quantitative estimate of drug-likeness (QED) is 0.0895. The summed E-state index contributed by atoms with van der Waals surface area (Å²) in [7, 11) is 11.4. The summed E-state index contributed by atoms with van der Waals surface area (Å²) >= 11 is 0. The van der Waals surface area contributed by atoms with Gasteiger partial charge >= 0.3 is 11.9 Å². The summed E-state index contributed by atoms with van der Waals surface area (Å²) in [6, 6.07) is 16.3. The molecule has 5 rings (SSSR count). The van der Waals surface area contributed by atoms with Gasteiger partial charge in [0, 0.05) is 30.0 Å². The molecule has 2 amide bonds. The summed E-state index contributed by atoms with van der Waals surface area (Å²) < 4.78 is 49.3. The monoisotopic (exact) mass is 842 g/mol. The largest absolute Gasteiger partial charge is 0.496 e. The van der Waals surface area contributed by atoms with E-state index in [9.17, 15) is 24.3 Å². The van der Waals surface area contributed by atoms with E-state index < -0.39 is 47.9 Å². The van der Waals surface area contributed by atoms with Crippen molar-refractivity contribution in [2.24, 2.45) is 0 Å². The van der Waals surface area contributed by atoms with Crippen molar-refractivity contribution in [3.63, 3.8) is 0 Å². The molecule has 1 aliphatic heterocycles. The molecule has 324 valence electrons. The second kappa shape index (κ2) is 20.8. The van der Waals surface area contributed by atoms with Gasteiger partial charge in [0.2, 0.25) is 11.8 Å². The number of rotatable bonds is 19. The first kappa shape index (κ1) is 45.1. The van der Waals surface area contributed by atoms with Gasteiger partial charge in [0.25, 0.3) is 0 Å². The van der Waals surface area contributed by atoms with Gasteiger partial charge in [-0.2, -0.15) is 0 Å². The fourth-order valence-electron chi connectivity index (χ4n) is 7.12. The number of aliphatic hydroxyl groups is 1. The smallest absolute Gasteiger partial charge is 0.328 e. The van der Waals surface area contributed by atoms with Crippen LogP contribution in [0.1, 0.15) is 45.4 Å². The maximum Gasteiger partial charge on any atom is 0.328 e. The highest BCUT2D eigenvalue weighted by molar-refractivity contribution is 5.96. The van der Waals surface area contributed by atoms with Crippen molar-refractivity contribution in [2.75, 3.05) is 56.9 Å². The van der Waals surface area contributed by atoms with Crippen LogP contribution < -0.4 is 43.8 Å². The number of hydrogen-bond donors (Lipinski definition) is 3. The SMILES string of the molecule is COC(=O)C(Cc1ccc(OC)c(OC)c1)NC(=O)C=Cc1ccc(OC)c2c1[C@H](C(=O)NC(Cc1ccc(OC)c(OC)c1)C(=O)OC)C(c1ccc(OC)c(CO)c1)O2. The third-order valence-corrected chi connectivity index (χ3v) is 10.2. The number of ether oxygens (including phenoxy) is 9. The van der Waals surface area contributed by atoms with Crippen molar-refractivity contribution in [1.29, 1.82) is 0 Å². The molecule has 16 nitrogen and oxygen atoms in total. The van der Waals surface area contributed by atoms with Crippen LogP contribution in [0.3, 0.4) is 0 Å². The lowest BCUT2D eigenvalue weighted by molar-refractivity contribution is -0.145. The standard InChI is InChI=1S/C45H50N2O14/c1-53-32-16-12-28(23-29(32)24-48)41-40(43(50)47-31(45(52)60-8)20-26-10-15-34(55-3)37(22-26)58-6)39-27(11-17-35(56-4)42(39)61-41)13-18-38(49)46-30(44(51)59-7)19-25-9-14-33(54-2)36(21-25)57-5/h9-18,21-23,30-31,40-41,48H,19-20,24H2,1-8H3,(H,46,49)(H,47,50)/t30?,31?,40-,41?/m0/s1. The number of aliphatic hydroxyl groups excluding tert-OH is 1. The number of nitrogens with one attached hydrogen (secondary N) is 2. The van der Waals surface area contributed by atoms with Gasteiger partial charge < -0.3 is 58.4 Å². The van der Waals surface area contributed by atoms with E-state index in [4.69, 9.17) is 42.6 Å². The predicted octanol–water partition coefficient (Wildman–Crippen LogP) is 4.26. The first-order valence-corrected chi connectivity index (χ1v) is 19.0. The van der Waals surface area contributed by atoms with Gasteiger partial charge in [-0.25, -0.2) is 9.59 Å². The lowest BCUT2D eigenvalue weighted by atomic mass is 9.86. The van der Waals surface area contributed by atoms with E-state index in [0.29, 0.717) is 67.9 Å². The van der Waals surface area contributed by atoms with E-state index in [1.54, 1.807) is 66.7 Å². The van der Waals surface area contributed by atoms with Crippen LogP contribution in [-0.4, -0.2) is 97.8 Å². The van der Waals surface area contributed by atoms with Crippen LogP contribution in [0.15, 0.2) is 72.8 Å². The Morgan fingerprint density at radius 1 is 0.639 bits per heavy atom. The molecular weight excluding hydrogens is 792 g/mol. The van der Waals surface area contributed by atoms with E-state index in [1.165, 1.54) is 69.0 Å². The molecule has 4 aromatic carbocycles. The minimum atomic E-state index is -1.17. The summed E-state index contributed by atoms with van der Waals surface area (Å²) in [6.07, 6.45) is 1.79. The highest BCUT2D eigenvalue weighted by Gasteiger charge is 2.45. The van der Waals surface area contributed by atoms with Crippen LogP contribution in [0, 0.1) is 0 Å². The summed E-state index contributed by atoms with van der Waals surface area (Å²) in [4.78, 5) is 54.5. The zero-order valence-corrected chi connectivity index (χ0v) is 35.2. The van der Waals surface area contributed by atoms with Crippen molar-refractivity contribution in [2.45, 2.75) is 43.6 Å². The average Bonchev–Trinajstić information content (AvgIpc) is 3.70. The summed E-state index contributed by atoms with van der Waals surface area (Å²) in [5.41, 5.74) is 2.99. The molecule has 0 aromatic heterocycles. The molecule has 4 aromatic rings. The summed E-state index contributed by atoms with van der Waals surface area (Å²) in [5.74, 6) is -1.00. The Morgan fingerprint density at radius 3 is 1.66 bits per heavy atom. The number of carbonyl (C=O) groups excluding carboxylic acids is 4. The molecule has 0 bridgehead atoms. The Kier molecular flexibility index (Phi) is 15.4. The van der Waals surface area contributed by atoms with Gasteiger partial charge in [0.1, 0.15) is 29.9 Å². The van der Waals surface area contributed by atoms with E-state index >= 15 is 0 Å². The molecule has 1 heterocycles. The van der Waals surface area contributed by atoms with E-state index in [0.717, 1.165) is 0 Å². The lowest BCUT2D eigenvalue weighted by Crippen LogP contribution is -2.45. The molecule has 0 saturated carbocycles. The van der Waals surface area contributed by atoms with Crippen LogP contribution in [0.5, 0.6) is 40.2 Å². The van der Waals surface area contributed by atoms with Gasteiger partial charge in [0.15, 0.2) is 34.5 Å². The second-order valence-corrected chi connectivity index (χ2v) is 13.6. The van der Waals surface area contributed by atoms with Gasteiger partial charge in [-0.05, 0) is 70.8 Å². The van der Waals surface area contributed by atoms with Crippen molar-refractivity contribution in [3.8, 4) is 40.2 Å². The second-order valence-electron chi connectivity index (χ2n) is 13.6. The molecule has 0 fully saturated rings. The number of carbonyl (C=O) groups is 4. The highest BCUT2D eigenvalue weighted by Crippen LogP contribution is 2.52. The number of hydrogen-bond acceptors (Lipinski definition) is 14. The molecule has 0 aliphatic carbocycles. The summed E-state index contributed by atoms with van der Waals surface area (Å²) in [6.45, 7) is -0.367. The number of fused-ring (bicyclic) bond motifs is 1. The minimum absolute atomic E-state index is 0.0246. The Morgan fingerprint density at radius 2 is 1.15 bits per heavy atom. The lowest BCUT2D eigenvalue weighted by Gasteiger charge is -2.24. The van der Waals surface area contributed by atoms with Crippen LogP contribution in [0.25, 0.3) is 6.08 Å². The average molecular weight is 843 g/mol. The van der Waals surface area contributed by atoms with Crippen LogP contribution in [-0.2, 0) is 48.1 Å². The van der Waals surface area contributed by atoms with Crippen molar-refractivity contribution < 1.29 is 66.9 Å². The number of benzene rings is 4. The topological polar surface area (TPSA) is 196 Å². The zero-order valence-electron chi connectivity index (χ0n) is 35.2. The normalized spacial score (nSPS) is 15.0. The Labute approximate surface area is 353 Å². The number of amides is 2. The predicted molar refractivity (Wildman–Crippen MR) is 221 cm³/mol. The highest BCUT2D eigenvalue weighted by atomic mass is 16.5. The van der Waals surface area contributed by atoms with Crippen molar-refractivity contribution >= 4 is 29.8 Å². The van der Waals surface area contributed by atoms with Crippen LogP contribution in [0.2, 0.25) is 0 Å². The third kappa shape index (κ3) is 10.3. The Bertz CT molecular complexity index is 2260. The molecular formula is C45H50N2O14. The summed E-state index contributed by atoms with van der Waals surface area (Å²) in [5, 5.41) is 15.8. The Hall–Kier alpha value is -6.94. The van der Waals surface area contributed by atoms with Crippen LogP contribution in [0.4, 0.5) is 0 Å².